The van der Waals surface area contributed by atoms with E-state index >= 15 is 0 Å². The van der Waals surface area contributed by atoms with Crippen LogP contribution in [0.25, 0.3) is 0 Å². The summed E-state index contributed by atoms with van der Waals surface area (Å²) in [5.74, 6) is -3.27. The fraction of sp³-hybridized carbons (Fsp3) is 0.0714. The van der Waals surface area contributed by atoms with Crippen molar-refractivity contribution in [3.63, 3.8) is 0 Å². The van der Waals surface area contributed by atoms with Crippen LogP contribution in [0.1, 0.15) is 5.56 Å². The Balaban J connectivity index is 2.18. The number of rotatable bonds is 3. The Bertz CT molecular complexity index is 686. The first-order chi connectivity index (χ1) is 9.88. The van der Waals surface area contributed by atoms with E-state index in [1.54, 1.807) is 0 Å². The largest absolute Gasteiger partial charge is 0.324 e. The molecule has 2 nitrogen and oxygen atoms in total. The van der Waals surface area contributed by atoms with E-state index in [1.807, 2.05) is 0 Å². The van der Waals surface area contributed by atoms with E-state index < -0.39 is 23.4 Å². The molecule has 0 spiro atoms. The molecule has 0 saturated carbocycles. The Morgan fingerprint density at radius 3 is 2.62 bits per heavy atom. The van der Waals surface area contributed by atoms with Gasteiger partial charge in [0, 0.05) is 10.0 Å². The maximum atomic E-state index is 13.5. The summed E-state index contributed by atoms with van der Waals surface area (Å²) in [5.41, 5.74) is 0.0849. The van der Waals surface area contributed by atoms with E-state index in [1.165, 1.54) is 12.1 Å². The lowest BCUT2D eigenvalue weighted by Gasteiger charge is -2.10. The van der Waals surface area contributed by atoms with E-state index in [2.05, 4.69) is 21.2 Å². The second kappa shape index (κ2) is 6.49. The summed E-state index contributed by atoms with van der Waals surface area (Å²) >= 11 is 8.88. The first kappa shape index (κ1) is 15.9. The highest BCUT2D eigenvalue weighted by Gasteiger charge is 2.15. The molecule has 2 aromatic rings. The molecule has 0 saturated heterocycles. The Morgan fingerprint density at radius 1 is 1.24 bits per heavy atom. The normalized spacial score (nSPS) is 10.5. The Labute approximate surface area is 132 Å². The molecule has 0 unspecified atom stereocenters. The molecule has 0 aromatic heterocycles. The highest BCUT2D eigenvalue weighted by molar-refractivity contribution is 9.10. The molecule has 2 aromatic carbocycles. The first-order valence-corrected chi connectivity index (χ1v) is 6.93. The quantitative estimate of drug-likeness (QED) is 0.824. The van der Waals surface area contributed by atoms with Crippen molar-refractivity contribution in [1.82, 2.24) is 0 Å². The van der Waals surface area contributed by atoms with Gasteiger partial charge in [-0.25, -0.2) is 13.2 Å². The predicted octanol–water partition coefficient (Wildman–Crippen LogP) is 4.70. The molecule has 7 heteroatoms. The third-order valence-electron chi connectivity index (χ3n) is 2.65. The van der Waals surface area contributed by atoms with Crippen molar-refractivity contribution in [1.29, 1.82) is 0 Å². The van der Waals surface area contributed by atoms with Gasteiger partial charge in [-0.1, -0.05) is 23.7 Å². The van der Waals surface area contributed by atoms with Crippen LogP contribution in [0.5, 0.6) is 0 Å². The first-order valence-electron chi connectivity index (χ1n) is 5.75. The Morgan fingerprint density at radius 2 is 1.95 bits per heavy atom. The maximum absolute atomic E-state index is 13.5. The number of benzene rings is 2. The van der Waals surface area contributed by atoms with E-state index in [9.17, 15) is 18.0 Å². The van der Waals surface area contributed by atoms with Crippen molar-refractivity contribution < 1.29 is 18.0 Å². The standard InChI is InChI=1S/C14H8BrClF3NO/c15-9-5-8(17)6-10(16)14(9)20-12(21)4-7-2-1-3-11(18)13(7)19/h1-3,5-6H,4H2,(H,20,21). The molecule has 110 valence electrons. The van der Waals surface area contributed by atoms with Crippen LogP contribution >= 0.6 is 27.5 Å². The fourth-order valence-electron chi connectivity index (χ4n) is 1.70. The van der Waals surface area contributed by atoms with Gasteiger partial charge in [0.05, 0.1) is 17.1 Å². The Hall–Kier alpha value is -1.53. The van der Waals surface area contributed by atoms with Crippen LogP contribution in [0.4, 0.5) is 18.9 Å². The number of hydrogen-bond donors (Lipinski definition) is 1. The van der Waals surface area contributed by atoms with Crippen LogP contribution in [-0.2, 0) is 11.2 Å². The minimum Gasteiger partial charge on any atom is -0.324 e. The number of halogens is 5. The molecule has 0 atom stereocenters. The highest BCUT2D eigenvalue weighted by atomic mass is 79.9. The number of carbonyl (C=O) groups excluding carboxylic acids is 1. The lowest BCUT2D eigenvalue weighted by atomic mass is 10.1. The van der Waals surface area contributed by atoms with Gasteiger partial charge < -0.3 is 5.32 Å². The van der Waals surface area contributed by atoms with Gasteiger partial charge in [-0.3, -0.25) is 4.79 Å². The van der Waals surface area contributed by atoms with Gasteiger partial charge in [-0.2, -0.15) is 0 Å². The van der Waals surface area contributed by atoms with Crippen molar-refractivity contribution in [2.45, 2.75) is 6.42 Å². The summed E-state index contributed by atoms with van der Waals surface area (Å²) in [7, 11) is 0. The molecule has 21 heavy (non-hydrogen) atoms. The summed E-state index contributed by atoms with van der Waals surface area (Å²) in [5, 5.41) is 2.42. The Kier molecular flexibility index (Phi) is 4.90. The zero-order chi connectivity index (χ0) is 15.6. The van der Waals surface area contributed by atoms with Crippen LogP contribution in [0, 0.1) is 17.5 Å². The van der Waals surface area contributed by atoms with E-state index in [-0.39, 0.29) is 27.2 Å². The van der Waals surface area contributed by atoms with E-state index in [0.717, 1.165) is 18.2 Å². The lowest BCUT2D eigenvalue weighted by Crippen LogP contribution is -2.16. The lowest BCUT2D eigenvalue weighted by molar-refractivity contribution is -0.115. The predicted molar refractivity (Wildman–Crippen MR) is 77.8 cm³/mol. The molecule has 1 N–H and O–H groups in total. The number of amides is 1. The monoisotopic (exact) mass is 377 g/mol. The molecule has 0 fully saturated rings. The number of nitrogens with one attached hydrogen (secondary N) is 1. The SMILES string of the molecule is O=C(Cc1cccc(F)c1F)Nc1c(Cl)cc(F)cc1Br. The average Bonchev–Trinajstić information content (AvgIpc) is 2.39. The van der Waals surface area contributed by atoms with Gasteiger partial charge in [-0.15, -0.1) is 0 Å². The van der Waals surface area contributed by atoms with Gasteiger partial charge in [0.25, 0.3) is 0 Å². The van der Waals surface area contributed by atoms with E-state index in [0.29, 0.717) is 0 Å². The number of anilines is 1. The molecule has 1 amide bonds. The van der Waals surface area contributed by atoms with Crippen LogP contribution in [0.15, 0.2) is 34.8 Å². The third kappa shape index (κ3) is 3.77. The molecule has 2 rings (SSSR count). The zero-order valence-corrected chi connectivity index (χ0v) is 12.7. The average molecular weight is 379 g/mol. The van der Waals surface area contributed by atoms with Crippen molar-refractivity contribution in [3.05, 3.63) is 62.8 Å². The molecular formula is C14H8BrClF3NO. The summed E-state index contributed by atoms with van der Waals surface area (Å²) in [4.78, 5) is 11.9. The van der Waals surface area contributed by atoms with Crippen molar-refractivity contribution in [2.24, 2.45) is 0 Å². The van der Waals surface area contributed by atoms with Crippen LogP contribution in [-0.4, -0.2) is 5.91 Å². The van der Waals surface area contributed by atoms with Gasteiger partial charge in [-0.05, 0) is 34.1 Å². The summed E-state index contributed by atoms with van der Waals surface area (Å²) in [6.45, 7) is 0. The minimum absolute atomic E-state index is 0.00469. The second-order valence-electron chi connectivity index (χ2n) is 4.18. The van der Waals surface area contributed by atoms with Gasteiger partial charge in [0.2, 0.25) is 5.91 Å². The molecule has 0 aliphatic rings. The van der Waals surface area contributed by atoms with Gasteiger partial charge in [0.1, 0.15) is 5.82 Å². The maximum Gasteiger partial charge on any atom is 0.228 e. The summed E-state index contributed by atoms with van der Waals surface area (Å²) in [6.07, 6.45) is -0.371. The second-order valence-corrected chi connectivity index (χ2v) is 5.44. The summed E-state index contributed by atoms with van der Waals surface area (Å²) in [6, 6.07) is 5.74. The van der Waals surface area contributed by atoms with Crippen LogP contribution in [0.2, 0.25) is 5.02 Å². The van der Waals surface area contributed by atoms with Crippen LogP contribution < -0.4 is 5.32 Å². The van der Waals surface area contributed by atoms with Gasteiger partial charge in [0.15, 0.2) is 11.6 Å². The molecule has 0 radical (unpaired) electrons. The minimum atomic E-state index is -1.07. The topological polar surface area (TPSA) is 29.1 Å². The van der Waals surface area contributed by atoms with Crippen molar-refractivity contribution in [2.75, 3.05) is 5.32 Å². The fourth-order valence-corrected chi connectivity index (χ4v) is 2.60. The molecule has 0 heterocycles. The highest BCUT2D eigenvalue weighted by Crippen LogP contribution is 2.31. The summed E-state index contributed by atoms with van der Waals surface area (Å²) < 4.78 is 39.8. The van der Waals surface area contributed by atoms with Crippen molar-refractivity contribution in [3.8, 4) is 0 Å². The number of carbonyl (C=O) groups is 1. The van der Waals surface area contributed by atoms with Gasteiger partial charge >= 0.3 is 0 Å². The molecular weight excluding hydrogens is 371 g/mol. The van der Waals surface area contributed by atoms with E-state index in [4.69, 9.17) is 11.6 Å². The number of hydrogen-bond acceptors (Lipinski definition) is 1. The van der Waals surface area contributed by atoms with Crippen LogP contribution in [0.3, 0.4) is 0 Å². The molecule has 0 aliphatic carbocycles. The van der Waals surface area contributed by atoms with Crippen molar-refractivity contribution >= 4 is 39.1 Å². The molecule has 0 aliphatic heterocycles. The third-order valence-corrected chi connectivity index (χ3v) is 3.58. The molecule has 0 bridgehead atoms. The smallest absolute Gasteiger partial charge is 0.228 e. The zero-order valence-electron chi connectivity index (χ0n) is 10.4.